The fourth-order valence-corrected chi connectivity index (χ4v) is 425. The van der Waals surface area contributed by atoms with Crippen LogP contribution in [0, 0.1) is 0 Å². The molecule has 20 atom stereocenters. The van der Waals surface area contributed by atoms with Gasteiger partial charge in [0, 0.05) is 38.2 Å². The smallest absolute Gasteiger partial charge is 0.164 e. The molecule has 37 heteroatoms. The van der Waals surface area contributed by atoms with Gasteiger partial charge in [0.1, 0.15) is 22.3 Å². The highest BCUT2D eigenvalue weighted by atomic mass is 33.5. The molecule has 0 bridgehead atoms. The number of nitrogens with zero attached hydrogens (tertiary/aromatic N) is 3. The lowest BCUT2D eigenvalue weighted by atomic mass is 9.95. The van der Waals surface area contributed by atoms with E-state index in [4.69, 9.17) is 23.8 Å². The first-order chi connectivity index (χ1) is 45.2. The lowest BCUT2D eigenvalue weighted by Crippen LogP contribution is -2.00. The molecular weight excluding hydrogens is 1750 g/mol. The first kappa shape index (κ1) is 80.4. The number of furan rings is 2. The van der Waals surface area contributed by atoms with E-state index in [0.717, 1.165) is 93.9 Å². The molecule has 0 aliphatic heterocycles. The van der Waals surface area contributed by atoms with Crippen LogP contribution in [0.1, 0.15) is 0 Å². The van der Waals surface area contributed by atoms with Crippen molar-refractivity contribution in [2.24, 2.45) is 0 Å². The maximum Gasteiger partial charge on any atom is 0.164 e. The molecule has 0 aliphatic rings. The molecule has 0 aliphatic carbocycles. The lowest BCUT2D eigenvalue weighted by molar-refractivity contribution is 0.669. The van der Waals surface area contributed by atoms with E-state index in [9.17, 15) is 0 Å². The molecule has 0 radical (unpaired) electrons. The summed E-state index contributed by atoms with van der Waals surface area (Å²) in [5.41, 5.74) is 15.0. The molecule has 0 amide bonds. The maximum absolute atomic E-state index is 6.54. The normalized spacial score (nSPS) is 13.3. The van der Waals surface area contributed by atoms with Gasteiger partial charge in [-0.1, -0.05) is 176 Å². The molecule has 0 saturated carbocycles. The Kier molecular flexibility index (Phi) is 32.6. The molecule has 0 N–H and O–H groups in total. The zero-order chi connectivity index (χ0) is 66.6. The molecule has 484 valence electrons. The van der Waals surface area contributed by atoms with Crippen molar-refractivity contribution in [1.29, 1.82) is 0 Å². The quantitative estimate of drug-likeness (QED) is 0.0671. The summed E-state index contributed by atoms with van der Waals surface area (Å²) < 4.78 is 13.0. The maximum atomic E-state index is 6.54. The number of fused-ring (bicyclic) bond motifs is 6. The Hall–Kier alpha value is 5.35. The zero-order valence-electron chi connectivity index (χ0n) is 49.9. The molecule has 12 aromatic rings. The molecule has 94 heavy (non-hydrogen) atoms. The van der Waals surface area contributed by atoms with Crippen molar-refractivity contribution in [1.82, 2.24) is 15.0 Å². The predicted octanol–water partition coefficient (Wildman–Crippen LogP) is 33.8. The molecule has 0 saturated heterocycles. The Morgan fingerprint density at radius 3 is 0.947 bits per heavy atom. The van der Waals surface area contributed by atoms with Crippen LogP contribution in [-0.2, 0) is 0 Å². The second kappa shape index (κ2) is 38.1. The second-order valence-corrected chi connectivity index (χ2v) is 150. The van der Waals surface area contributed by atoms with Crippen LogP contribution in [0.15, 0.2) is 221 Å². The summed E-state index contributed by atoms with van der Waals surface area (Å²) in [5.74, 6) is 1.78. The molecule has 20 unspecified atom stereocenters. The Balaban J connectivity index is 0.000000241. The van der Waals surface area contributed by atoms with Crippen molar-refractivity contribution in [3.8, 4) is 78.7 Å². The van der Waals surface area contributed by atoms with Crippen LogP contribution in [0.25, 0.3) is 123 Å². The molecule has 12 rings (SSSR count). The fraction of sp³-hybridized carbons (Fsp3) is 0. The Morgan fingerprint density at radius 2 is 0.532 bits per heavy atom. The Bertz CT molecular complexity index is 4480. The Morgan fingerprint density at radius 1 is 0.223 bits per heavy atom. The first-order valence-corrected chi connectivity index (χ1v) is 85.5. The van der Waals surface area contributed by atoms with Gasteiger partial charge in [-0.25, -0.2) is 15.0 Å². The third-order valence-electron chi connectivity index (χ3n) is 14.5. The van der Waals surface area contributed by atoms with Gasteiger partial charge in [0.25, 0.3) is 0 Å². The third kappa shape index (κ3) is 19.5. The van der Waals surface area contributed by atoms with Crippen molar-refractivity contribution >= 4 is 300 Å². The zero-order valence-corrected chi connectivity index (χ0v) is 82.9. The van der Waals surface area contributed by atoms with Gasteiger partial charge in [-0.05, 0) is 186 Å². The van der Waals surface area contributed by atoms with Gasteiger partial charge in [0.05, 0.1) is 0 Å². The number of hydrogen-bond donors (Lipinski definition) is 0. The van der Waals surface area contributed by atoms with Gasteiger partial charge < -0.3 is 8.83 Å². The number of aromatic nitrogens is 3. The standard InChI is InChI=1S/C57H35N3O2.H34P32/c1-4-12-36(13-5-1)38-22-24-40(25-23-38)43-30-32-49-47(34-43)53-45(18-10-20-51(53)61-49)44-31-33-50-48(35-44)54-46(19-11-21-52(54)62-50)57-59-55(41-16-8-3-9-17-41)58-56(60-57)42-28-26-39(27-29-42)37-14-6-2-7-15-37;1-18(2)26(17)30(25(15)16)32(29(23(11)12)24(13)14)31(27(19(3)4)20(5)6)28(21(7)8)22(9)10/h1-35H;1-17H2. The van der Waals surface area contributed by atoms with E-state index < -0.39 is 0 Å². The number of benzene rings is 9. The van der Waals surface area contributed by atoms with Crippen molar-refractivity contribution in [3.63, 3.8) is 0 Å². The molecular formula is C57H69N3O2P32. The van der Waals surface area contributed by atoms with Crippen LogP contribution in [0.2, 0.25) is 0 Å². The van der Waals surface area contributed by atoms with Crippen LogP contribution in [0.3, 0.4) is 0 Å². The molecule has 3 heterocycles. The van der Waals surface area contributed by atoms with Gasteiger partial charge in [-0.3, -0.25) is 0 Å². The van der Waals surface area contributed by atoms with E-state index in [1.807, 2.05) is 54.6 Å². The summed E-state index contributed by atoms with van der Waals surface area (Å²) in [4.78, 5) is 15.3. The minimum atomic E-state index is -0.0805. The van der Waals surface area contributed by atoms with E-state index in [2.05, 4.69) is 310 Å². The van der Waals surface area contributed by atoms with E-state index in [0.29, 0.717) is 17.5 Å². The summed E-state index contributed by atoms with van der Waals surface area (Å²) in [6.45, 7) is -0.495. The Labute approximate surface area is 609 Å². The van der Waals surface area contributed by atoms with Crippen LogP contribution < -0.4 is 0 Å². The molecule has 0 spiro atoms. The highest BCUT2D eigenvalue weighted by Gasteiger charge is 2.51. The minimum Gasteiger partial charge on any atom is -0.456 e. The molecule has 9 aromatic carbocycles. The average Bonchev–Trinajstić information content (AvgIpc) is 1.48. The fourth-order valence-electron chi connectivity index (χ4n) is 10.4. The van der Waals surface area contributed by atoms with E-state index in [-0.39, 0.29) is 105 Å². The predicted molar refractivity (Wildman–Crippen MR) is 521 cm³/mol. The first-order valence-electron chi connectivity index (χ1n) is 27.9. The van der Waals surface area contributed by atoms with Crippen molar-refractivity contribution in [2.75, 3.05) is 0 Å². The number of hydrogen-bond acceptors (Lipinski definition) is 5. The van der Waals surface area contributed by atoms with Crippen LogP contribution >= 0.6 is 257 Å². The highest BCUT2D eigenvalue weighted by molar-refractivity contribution is 9.45. The minimum absolute atomic E-state index is 0.0135. The van der Waals surface area contributed by atoms with E-state index in [1.54, 1.807) is 0 Å². The van der Waals surface area contributed by atoms with Gasteiger partial charge in [0.15, 0.2) is 17.5 Å². The summed E-state index contributed by atoms with van der Waals surface area (Å²) in [7, 11) is 56.3. The highest BCUT2D eigenvalue weighted by Crippen LogP contribution is 3.39. The van der Waals surface area contributed by atoms with Gasteiger partial charge in [-0.2, -0.15) is 0 Å². The third-order valence-corrected chi connectivity index (χ3v) is 228. The van der Waals surface area contributed by atoms with Gasteiger partial charge in [-0.15, -0.1) is 152 Å². The SMILES string of the molecule is PP(P)P(P)P(P(P)P)P(P(P(P)P)P(P)P)P(P(P(P)P)P(P)P)P(P(P)P)P(P)P.c1ccc(-c2ccc(-c3ccc4oc5cccc(-c6ccc7oc8cccc(-c9nc(-c%10ccccc%10)nc(-c%10ccc(-c%11ccccc%11)cc%10)n9)c8c7c6)c5c4c3)cc2)cc1. The van der Waals surface area contributed by atoms with Crippen molar-refractivity contribution in [3.05, 3.63) is 212 Å². The summed E-state index contributed by atoms with van der Waals surface area (Å²) in [6, 6.07) is 73.4. The summed E-state index contributed by atoms with van der Waals surface area (Å²) in [5, 5.41) is 4.07. The van der Waals surface area contributed by atoms with Crippen LogP contribution in [0.4, 0.5) is 0 Å². The summed E-state index contributed by atoms with van der Waals surface area (Å²) in [6.07, 6.45) is 0. The van der Waals surface area contributed by atoms with Gasteiger partial charge in [0.2, 0.25) is 0 Å². The topological polar surface area (TPSA) is 65.0 Å². The largest absolute Gasteiger partial charge is 0.456 e. The molecule has 0 fully saturated rings. The van der Waals surface area contributed by atoms with Crippen LogP contribution in [-0.4, -0.2) is 15.0 Å². The molecule has 3 aromatic heterocycles. The lowest BCUT2D eigenvalue weighted by Gasteiger charge is -2.53. The average molecular weight is 1820 g/mol. The van der Waals surface area contributed by atoms with Crippen molar-refractivity contribution < 1.29 is 8.83 Å². The monoisotopic (exact) mass is 1820 g/mol. The van der Waals surface area contributed by atoms with E-state index in [1.165, 1.54) is 11.1 Å². The van der Waals surface area contributed by atoms with Gasteiger partial charge >= 0.3 is 0 Å². The summed E-state index contributed by atoms with van der Waals surface area (Å²) >= 11 is 0. The molecule has 5 nitrogen and oxygen atoms in total. The number of rotatable bonds is 21. The van der Waals surface area contributed by atoms with E-state index >= 15 is 0 Å². The van der Waals surface area contributed by atoms with Crippen molar-refractivity contribution in [2.45, 2.75) is 0 Å². The second-order valence-electron chi connectivity index (χ2n) is 20.5. The van der Waals surface area contributed by atoms with Crippen LogP contribution in [0.5, 0.6) is 0 Å².